The lowest BCUT2D eigenvalue weighted by molar-refractivity contribution is 0.0852. The van der Waals surface area contributed by atoms with Crippen LogP contribution in [0.5, 0.6) is 11.5 Å². The lowest BCUT2D eigenvalue weighted by Gasteiger charge is -2.35. The minimum absolute atomic E-state index is 0.117. The minimum Gasteiger partial charge on any atom is -0.488 e. The lowest BCUT2D eigenvalue weighted by Crippen LogP contribution is -2.33. The molecule has 28 heavy (non-hydrogen) atoms. The molecule has 150 valence electrons. The first kappa shape index (κ1) is 20.2. The van der Waals surface area contributed by atoms with Crippen molar-refractivity contribution in [2.24, 2.45) is 0 Å². The van der Waals surface area contributed by atoms with E-state index in [2.05, 4.69) is 13.5 Å². The summed E-state index contributed by atoms with van der Waals surface area (Å²) in [5, 5.41) is 0.729. The normalized spacial score (nSPS) is 15.0. The maximum Gasteiger partial charge on any atom is 0.336 e. The SMILES string of the molecule is C=CCOc1c2c(c3c(CCC)cc(=O)oc3c1C(=O)CC)OC(C)(C)CC2. The summed E-state index contributed by atoms with van der Waals surface area (Å²) in [6.45, 7) is 11.9. The van der Waals surface area contributed by atoms with Crippen LogP contribution in [-0.2, 0) is 12.8 Å². The van der Waals surface area contributed by atoms with Gasteiger partial charge in [-0.3, -0.25) is 4.79 Å². The molecule has 0 amide bonds. The Hall–Kier alpha value is -2.56. The predicted molar refractivity (Wildman–Crippen MR) is 110 cm³/mol. The molecule has 0 atom stereocenters. The van der Waals surface area contributed by atoms with Gasteiger partial charge in [-0.25, -0.2) is 4.79 Å². The Bertz CT molecular complexity index is 981. The van der Waals surface area contributed by atoms with Crippen LogP contribution in [0.1, 0.15) is 68.4 Å². The third-order valence-corrected chi connectivity index (χ3v) is 5.09. The van der Waals surface area contributed by atoms with Crippen LogP contribution >= 0.6 is 0 Å². The van der Waals surface area contributed by atoms with E-state index >= 15 is 0 Å². The molecule has 0 spiro atoms. The molecule has 1 aromatic heterocycles. The molecule has 1 aliphatic heterocycles. The number of carbonyl (C=O) groups excluding carboxylic acids is 1. The van der Waals surface area contributed by atoms with E-state index in [1.807, 2.05) is 13.8 Å². The highest BCUT2D eigenvalue weighted by molar-refractivity contribution is 6.11. The number of fused-ring (bicyclic) bond motifs is 3. The van der Waals surface area contributed by atoms with Gasteiger partial charge in [0.2, 0.25) is 0 Å². The van der Waals surface area contributed by atoms with E-state index in [-0.39, 0.29) is 30.0 Å². The van der Waals surface area contributed by atoms with Crippen LogP contribution in [0.3, 0.4) is 0 Å². The number of ether oxygens (including phenoxy) is 2. The fraction of sp³-hybridized carbons (Fsp3) is 0.478. The second kappa shape index (κ2) is 7.82. The van der Waals surface area contributed by atoms with Gasteiger partial charge in [0.25, 0.3) is 0 Å². The fourth-order valence-corrected chi connectivity index (χ4v) is 3.77. The highest BCUT2D eigenvalue weighted by atomic mass is 16.5. The Morgan fingerprint density at radius 2 is 2.11 bits per heavy atom. The molecule has 0 saturated heterocycles. The average Bonchev–Trinajstić information content (AvgIpc) is 2.64. The van der Waals surface area contributed by atoms with Crippen molar-refractivity contribution in [1.82, 2.24) is 0 Å². The summed E-state index contributed by atoms with van der Waals surface area (Å²) in [5.41, 5.74) is 1.52. The van der Waals surface area contributed by atoms with E-state index in [4.69, 9.17) is 13.9 Å². The van der Waals surface area contributed by atoms with Gasteiger partial charge in [0.1, 0.15) is 29.3 Å². The van der Waals surface area contributed by atoms with Crippen LogP contribution in [0.4, 0.5) is 0 Å². The Morgan fingerprint density at radius 1 is 1.36 bits per heavy atom. The fourth-order valence-electron chi connectivity index (χ4n) is 3.77. The molecule has 1 aliphatic rings. The molecule has 2 heterocycles. The van der Waals surface area contributed by atoms with Crippen LogP contribution in [0.15, 0.2) is 27.9 Å². The van der Waals surface area contributed by atoms with Gasteiger partial charge in [0.15, 0.2) is 11.4 Å². The Kier molecular flexibility index (Phi) is 5.64. The molecule has 0 fully saturated rings. The van der Waals surface area contributed by atoms with E-state index in [1.165, 1.54) is 6.07 Å². The highest BCUT2D eigenvalue weighted by Crippen LogP contribution is 2.47. The van der Waals surface area contributed by atoms with Crippen molar-refractivity contribution in [3.05, 3.63) is 45.8 Å². The first-order chi connectivity index (χ1) is 13.3. The summed E-state index contributed by atoms with van der Waals surface area (Å²) in [4.78, 5) is 25.2. The second-order valence-corrected chi connectivity index (χ2v) is 7.79. The molecule has 2 aromatic rings. The van der Waals surface area contributed by atoms with Crippen molar-refractivity contribution < 1.29 is 18.7 Å². The molecule has 0 unspecified atom stereocenters. The summed E-state index contributed by atoms with van der Waals surface area (Å²) >= 11 is 0. The van der Waals surface area contributed by atoms with Crippen molar-refractivity contribution >= 4 is 16.8 Å². The number of hydrogen-bond acceptors (Lipinski definition) is 5. The van der Waals surface area contributed by atoms with E-state index in [9.17, 15) is 9.59 Å². The molecular weight excluding hydrogens is 356 g/mol. The van der Waals surface area contributed by atoms with Crippen molar-refractivity contribution in [3.63, 3.8) is 0 Å². The van der Waals surface area contributed by atoms with Crippen molar-refractivity contribution in [3.8, 4) is 11.5 Å². The molecule has 5 heteroatoms. The number of Topliss-reactive ketones (excluding diaryl/α,β-unsaturated/α-hetero) is 1. The van der Waals surface area contributed by atoms with E-state index in [0.717, 1.165) is 35.8 Å². The van der Waals surface area contributed by atoms with Gasteiger partial charge in [-0.2, -0.15) is 0 Å². The summed E-state index contributed by atoms with van der Waals surface area (Å²) < 4.78 is 17.9. The molecule has 0 bridgehead atoms. The Balaban J connectivity index is 2.49. The maximum atomic E-state index is 12.9. The molecule has 1 aromatic carbocycles. The van der Waals surface area contributed by atoms with Crippen molar-refractivity contribution in [2.75, 3.05) is 6.61 Å². The molecule has 0 radical (unpaired) electrons. The molecule has 0 saturated carbocycles. The second-order valence-electron chi connectivity index (χ2n) is 7.79. The van der Waals surface area contributed by atoms with Gasteiger partial charge >= 0.3 is 5.63 Å². The molecule has 3 rings (SSSR count). The Morgan fingerprint density at radius 3 is 2.75 bits per heavy atom. The molecule has 0 aliphatic carbocycles. The number of aryl methyl sites for hydroxylation is 1. The molecular formula is C23H28O5. The first-order valence-corrected chi connectivity index (χ1v) is 9.94. The summed E-state index contributed by atoms with van der Waals surface area (Å²) in [6, 6.07) is 1.52. The van der Waals surface area contributed by atoms with Crippen LogP contribution < -0.4 is 15.1 Å². The quantitative estimate of drug-likeness (QED) is 0.381. The number of carbonyl (C=O) groups is 1. The van der Waals surface area contributed by atoms with Gasteiger partial charge in [-0.1, -0.05) is 32.9 Å². The molecule has 5 nitrogen and oxygen atoms in total. The van der Waals surface area contributed by atoms with Gasteiger partial charge in [0.05, 0.1) is 5.39 Å². The Labute approximate surface area is 165 Å². The standard InChI is InChI=1S/C23H28O5/c1-6-9-14-13-17(25)27-22-18(14)21-15(10-11-23(4,5)28-21)20(26-12-7-2)19(22)16(24)8-3/h7,13H,2,6,8-12H2,1,3-5H3. The monoisotopic (exact) mass is 384 g/mol. The highest BCUT2D eigenvalue weighted by Gasteiger charge is 2.35. The maximum absolute atomic E-state index is 12.9. The number of rotatable bonds is 7. The van der Waals surface area contributed by atoms with Crippen LogP contribution in [0.25, 0.3) is 11.0 Å². The van der Waals surface area contributed by atoms with Gasteiger partial charge in [-0.15, -0.1) is 0 Å². The van der Waals surface area contributed by atoms with Crippen LogP contribution in [-0.4, -0.2) is 18.0 Å². The number of hydrogen-bond donors (Lipinski definition) is 0. The van der Waals surface area contributed by atoms with Crippen LogP contribution in [0.2, 0.25) is 0 Å². The van der Waals surface area contributed by atoms with E-state index < -0.39 is 5.63 Å². The zero-order valence-electron chi connectivity index (χ0n) is 17.1. The summed E-state index contributed by atoms with van der Waals surface area (Å²) in [7, 11) is 0. The zero-order chi connectivity index (χ0) is 20.5. The first-order valence-electron chi connectivity index (χ1n) is 9.94. The predicted octanol–water partition coefficient (Wildman–Crippen LogP) is 5.01. The molecule has 0 N–H and O–H groups in total. The number of benzene rings is 1. The van der Waals surface area contributed by atoms with Gasteiger partial charge < -0.3 is 13.9 Å². The summed E-state index contributed by atoms with van der Waals surface area (Å²) in [5.74, 6) is 1.01. The van der Waals surface area contributed by atoms with Gasteiger partial charge in [-0.05, 0) is 38.7 Å². The zero-order valence-corrected chi connectivity index (χ0v) is 17.1. The summed E-state index contributed by atoms with van der Waals surface area (Å²) in [6.07, 6.45) is 5.00. The lowest BCUT2D eigenvalue weighted by atomic mass is 9.88. The topological polar surface area (TPSA) is 65.7 Å². The van der Waals surface area contributed by atoms with Crippen molar-refractivity contribution in [2.45, 2.75) is 65.4 Å². The van der Waals surface area contributed by atoms with Gasteiger partial charge in [0, 0.05) is 18.1 Å². The van der Waals surface area contributed by atoms with Crippen molar-refractivity contribution in [1.29, 1.82) is 0 Å². The van der Waals surface area contributed by atoms with E-state index in [0.29, 0.717) is 23.5 Å². The largest absolute Gasteiger partial charge is 0.488 e. The third kappa shape index (κ3) is 3.58. The smallest absolute Gasteiger partial charge is 0.336 e. The average molecular weight is 384 g/mol. The third-order valence-electron chi connectivity index (χ3n) is 5.09. The van der Waals surface area contributed by atoms with Crippen LogP contribution in [0, 0.1) is 0 Å². The number of ketones is 1. The van der Waals surface area contributed by atoms with E-state index in [1.54, 1.807) is 13.0 Å². The minimum atomic E-state index is -0.467.